The van der Waals surface area contributed by atoms with Gasteiger partial charge in [0.05, 0.1) is 12.1 Å². The average molecular weight is 226 g/mol. The van der Waals surface area contributed by atoms with E-state index in [2.05, 4.69) is 5.16 Å². The Morgan fingerprint density at radius 1 is 1.50 bits per heavy atom. The van der Waals surface area contributed by atoms with Crippen molar-refractivity contribution in [1.82, 2.24) is 5.16 Å². The van der Waals surface area contributed by atoms with E-state index >= 15 is 0 Å². The summed E-state index contributed by atoms with van der Waals surface area (Å²) in [5.41, 5.74) is 6.29. The van der Waals surface area contributed by atoms with Gasteiger partial charge in [0.15, 0.2) is 6.10 Å². The molecule has 0 fully saturated rings. The van der Waals surface area contributed by atoms with Gasteiger partial charge in [0.1, 0.15) is 5.76 Å². The van der Waals surface area contributed by atoms with Crippen LogP contribution in [-0.4, -0.2) is 23.1 Å². The Bertz CT molecular complexity index is 391. The number of primary amides is 1. The van der Waals surface area contributed by atoms with Crippen molar-refractivity contribution in [2.75, 3.05) is 0 Å². The predicted octanol–water partition coefficient (Wildman–Crippen LogP) is 0.251. The van der Waals surface area contributed by atoms with E-state index in [0.29, 0.717) is 17.0 Å². The molecule has 0 bridgehead atoms. The van der Waals surface area contributed by atoms with Crippen molar-refractivity contribution in [1.29, 1.82) is 0 Å². The highest BCUT2D eigenvalue weighted by Crippen LogP contribution is 2.13. The normalized spacial score (nSPS) is 12.2. The second-order valence-electron chi connectivity index (χ2n) is 3.51. The highest BCUT2D eigenvalue weighted by molar-refractivity contribution is 5.82. The van der Waals surface area contributed by atoms with Crippen molar-refractivity contribution in [2.45, 2.75) is 33.3 Å². The van der Waals surface area contributed by atoms with Crippen molar-refractivity contribution in [3.05, 3.63) is 17.0 Å². The maximum atomic E-state index is 11.4. The summed E-state index contributed by atoms with van der Waals surface area (Å²) in [6.07, 6.45) is -0.897. The zero-order valence-corrected chi connectivity index (χ0v) is 9.44. The Morgan fingerprint density at radius 2 is 2.12 bits per heavy atom. The third-order valence-electron chi connectivity index (χ3n) is 2.21. The highest BCUT2D eigenvalue weighted by Gasteiger charge is 2.18. The van der Waals surface area contributed by atoms with Crippen molar-refractivity contribution in [3.63, 3.8) is 0 Å². The second kappa shape index (κ2) is 4.78. The number of amides is 1. The molecule has 1 heterocycles. The van der Waals surface area contributed by atoms with Gasteiger partial charge in [-0.2, -0.15) is 0 Å². The van der Waals surface area contributed by atoms with Crippen LogP contribution in [0.15, 0.2) is 4.52 Å². The van der Waals surface area contributed by atoms with Crippen LogP contribution in [0.25, 0.3) is 0 Å². The number of esters is 1. The first kappa shape index (κ1) is 12.2. The first-order valence-corrected chi connectivity index (χ1v) is 4.82. The molecule has 0 radical (unpaired) electrons. The summed E-state index contributed by atoms with van der Waals surface area (Å²) < 4.78 is 9.71. The standard InChI is InChI=1S/C10H14N2O4/c1-5-8(6(2)16-12-5)4-9(13)15-7(3)10(11)14/h7H,4H2,1-3H3,(H2,11,14)/t7-/m0/s1. The van der Waals surface area contributed by atoms with Crippen LogP contribution in [0.2, 0.25) is 0 Å². The zero-order chi connectivity index (χ0) is 12.3. The maximum Gasteiger partial charge on any atom is 0.311 e. The molecule has 0 aliphatic heterocycles. The number of ether oxygens (including phenoxy) is 1. The summed E-state index contributed by atoms with van der Waals surface area (Å²) in [5.74, 6) is -0.631. The van der Waals surface area contributed by atoms with Crippen LogP contribution in [0.1, 0.15) is 23.9 Å². The van der Waals surface area contributed by atoms with E-state index in [1.807, 2.05) is 0 Å². The molecule has 6 heteroatoms. The van der Waals surface area contributed by atoms with Crippen LogP contribution in [0, 0.1) is 13.8 Å². The van der Waals surface area contributed by atoms with Gasteiger partial charge >= 0.3 is 5.97 Å². The van der Waals surface area contributed by atoms with Crippen LogP contribution in [0.3, 0.4) is 0 Å². The quantitative estimate of drug-likeness (QED) is 0.742. The van der Waals surface area contributed by atoms with Crippen LogP contribution in [-0.2, 0) is 20.7 Å². The van der Waals surface area contributed by atoms with Gasteiger partial charge in [-0.1, -0.05) is 5.16 Å². The van der Waals surface area contributed by atoms with Crippen LogP contribution < -0.4 is 5.73 Å². The van der Waals surface area contributed by atoms with E-state index in [-0.39, 0.29) is 6.42 Å². The number of nitrogens with zero attached hydrogens (tertiary/aromatic N) is 1. The molecule has 0 aliphatic carbocycles. The molecule has 1 rings (SSSR count). The van der Waals surface area contributed by atoms with Crippen molar-refractivity contribution >= 4 is 11.9 Å². The summed E-state index contributed by atoms with van der Waals surface area (Å²) in [4.78, 5) is 22.1. The highest BCUT2D eigenvalue weighted by atomic mass is 16.5. The molecule has 6 nitrogen and oxygen atoms in total. The summed E-state index contributed by atoms with van der Waals surface area (Å²) in [5, 5.41) is 3.71. The Balaban J connectivity index is 2.62. The molecular weight excluding hydrogens is 212 g/mol. The first-order chi connectivity index (χ1) is 7.41. The monoisotopic (exact) mass is 226 g/mol. The van der Waals surface area contributed by atoms with Gasteiger partial charge in [-0.15, -0.1) is 0 Å². The molecule has 0 aliphatic rings. The molecule has 16 heavy (non-hydrogen) atoms. The van der Waals surface area contributed by atoms with Crippen molar-refractivity contribution in [2.24, 2.45) is 5.73 Å². The van der Waals surface area contributed by atoms with Gasteiger partial charge in [-0.3, -0.25) is 9.59 Å². The number of carbonyl (C=O) groups excluding carboxylic acids is 2. The second-order valence-corrected chi connectivity index (χ2v) is 3.51. The van der Waals surface area contributed by atoms with Gasteiger partial charge in [-0.05, 0) is 20.8 Å². The fraction of sp³-hybridized carbons (Fsp3) is 0.500. The van der Waals surface area contributed by atoms with Crippen LogP contribution in [0.5, 0.6) is 0 Å². The molecule has 0 saturated heterocycles. The third kappa shape index (κ3) is 2.82. The Hall–Kier alpha value is -1.85. The third-order valence-corrected chi connectivity index (χ3v) is 2.21. The molecule has 0 saturated carbocycles. The lowest BCUT2D eigenvalue weighted by atomic mass is 10.1. The van der Waals surface area contributed by atoms with Crippen molar-refractivity contribution in [3.8, 4) is 0 Å². The minimum atomic E-state index is -0.923. The lowest BCUT2D eigenvalue weighted by Crippen LogP contribution is -2.31. The SMILES string of the molecule is Cc1noc(C)c1CC(=O)O[C@@H](C)C(N)=O. The van der Waals surface area contributed by atoms with Gasteiger partial charge in [0, 0.05) is 5.56 Å². The lowest BCUT2D eigenvalue weighted by Gasteiger charge is -2.08. The maximum absolute atomic E-state index is 11.4. The zero-order valence-electron chi connectivity index (χ0n) is 9.44. The molecule has 1 atom stereocenters. The van der Waals surface area contributed by atoms with E-state index < -0.39 is 18.0 Å². The lowest BCUT2D eigenvalue weighted by molar-refractivity contribution is -0.153. The fourth-order valence-corrected chi connectivity index (χ4v) is 1.20. The Labute approximate surface area is 92.7 Å². The fourth-order valence-electron chi connectivity index (χ4n) is 1.20. The molecule has 0 aromatic carbocycles. The topological polar surface area (TPSA) is 95.4 Å². The van der Waals surface area contributed by atoms with Crippen LogP contribution in [0.4, 0.5) is 0 Å². The van der Waals surface area contributed by atoms with E-state index in [1.165, 1.54) is 6.92 Å². The minimum absolute atomic E-state index is 0.0266. The summed E-state index contributed by atoms with van der Waals surface area (Å²) in [6.45, 7) is 4.87. The number of carbonyl (C=O) groups is 2. The number of rotatable bonds is 4. The molecule has 2 N–H and O–H groups in total. The summed E-state index contributed by atoms with van der Waals surface area (Å²) in [6, 6.07) is 0. The largest absolute Gasteiger partial charge is 0.452 e. The van der Waals surface area contributed by atoms with E-state index in [4.69, 9.17) is 15.0 Å². The first-order valence-electron chi connectivity index (χ1n) is 4.82. The molecule has 1 aromatic heterocycles. The van der Waals surface area contributed by atoms with Gasteiger partial charge in [0.2, 0.25) is 0 Å². The molecule has 88 valence electrons. The Morgan fingerprint density at radius 3 is 2.56 bits per heavy atom. The number of hydrogen-bond acceptors (Lipinski definition) is 5. The molecular formula is C10H14N2O4. The van der Waals surface area contributed by atoms with Gasteiger partial charge in [0.25, 0.3) is 5.91 Å². The summed E-state index contributed by atoms with van der Waals surface area (Å²) in [7, 11) is 0. The number of nitrogens with two attached hydrogens (primary N) is 1. The van der Waals surface area contributed by atoms with Crippen LogP contribution >= 0.6 is 0 Å². The van der Waals surface area contributed by atoms with Gasteiger partial charge < -0.3 is 15.0 Å². The predicted molar refractivity (Wildman–Crippen MR) is 54.4 cm³/mol. The van der Waals surface area contributed by atoms with E-state index in [1.54, 1.807) is 13.8 Å². The van der Waals surface area contributed by atoms with Crippen molar-refractivity contribution < 1.29 is 18.8 Å². The average Bonchev–Trinajstić information content (AvgIpc) is 2.49. The molecule has 1 amide bonds. The number of aromatic nitrogens is 1. The Kier molecular flexibility index (Phi) is 3.65. The van der Waals surface area contributed by atoms with Gasteiger partial charge in [-0.25, -0.2) is 0 Å². The number of aryl methyl sites for hydroxylation is 2. The smallest absolute Gasteiger partial charge is 0.311 e. The van der Waals surface area contributed by atoms with E-state index in [9.17, 15) is 9.59 Å². The van der Waals surface area contributed by atoms with E-state index in [0.717, 1.165) is 0 Å². The molecule has 0 unspecified atom stereocenters. The minimum Gasteiger partial charge on any atom is -0.452 e. The molecule has 1 aromatic rings. The number of hydrogen-bond donors (Lipinski definition) is 1. The molecule has 0 spiro atoms. The summed E-state index contributed by atoms with van der Waals surface area (Å²) >= 11 is 0.